The van der Waals surface area contributed by atoms with Gasteiger partial charge in [0.05, 0.1) is 18.3 Å². The Hall–Kier alpha value is -1.82. The Morgan fingerprint density at radius 2 is 2.18 bits per heavy atom. The number of carbonyl (C=O) groups is 2. The Balaban J connectivity index is 1.79. The lowest BCUT2D eigenvalue weighted by molar-refractivity contribution is 0.0115. The van der Waals surface area contributed by atoms with Gasteiger partial charge in [0.25, 0.3) is 0 Å². The molecule has 1 atom stereocenters. The summed E-state index contributed by atoms with van der Waals surface area (Å²) in [6, 6.07) is 3.47. The minimum absolute atomic E-state index is 0.0131. The molecule has 1 fully saturated rings. The van der Waals surface area contributed by atoms with E-state index in [1.807, 2.05) is 20.8 Å². The average molecular weight is 308 g/mol. The first-order valence-electron chi connectivity index (χ1n) is 7.61. The molecule has 6 nitrogen and oxygen atoms in total. The van der Waals surface area contributed by atoms with E-state index in [1.165, 1.54) is 0 Å². The average Bonchev–Trinajstić information content (AvgIpc) is 3.08. The number of nitrogens with zero attached hydrogens (tertiary/aromatic N) is 1. The lowest BCUT2D eigenvalue weighted by Gasteiger charge is -2.28. The maximum absolute atomic E-state index is 12.1. The quantitative estimate of drug-likeness (QED) is 0.849. The van der Waals surface area contributed by atoms with E-state index >= 15 is 0 Å². The Morgan fingerprint density at radius 1 is 1.41 bits per heavy atom. The Kier molecular flexibility index (Phi) is 5.24. The molecule has 1 saturated heterocycles. The molecule has 0 aliphatic carbocycles. The van der Waals surface area contributed by atoms with Gasteiger partial charge in [-0.2, -0.15) is 0 Å². The fraction of sp³-hybridized carbons (Fsp3) is 0.625. The molecule has 1 N–H and O–H groups in total. The van der Waals surface area contributed by atoms with Crippen LogP contribution in [0.5, 0.6) is 0 Å². The van der Waals surface area contributed by atoms with Gasteiger partial charge in [-0.25, -0.2) is 4.79 Å². The summed E-state index contributed by atoms with van der Waals surface area (Å²) < 4.78 is 10.9. The van der Waals surface area contributed by atoms with Crippen molar-refractivity contribution in [2.75, 3.05) is 19.8 Å². The second-order valence-corrected chi connectivity index (χ2v) is 6.49. The lowest BCUT2D eigenvalue weighted by Crippen LogP contribution is -2.41. The fourth-order valence-electron chi connectivity index (χ4n) is 2.44. The summed E-state index contributed by atoms with van der Waals surface area (Å²) in [5.41, 5.74) is 0.0321. The van der Waals surface area contributed by atoms with E-state index in [2.05, 4.69) is 4.98 Å². The van der Waals surface area contributed by atoms with Crippen LogP contribution in [0.2, 0.25) is 0 Å². The number of H-pyrrole nitrogens is 1. The third-order valence-corrected chi connectivity index (χ3v) is 3.45. The minimum atomic E-state index is -0.505. The molecule has 0 spiro atoms. The molecular weight excluding hydrogens is 284 g/mol. The highest BCUT2D eigenvalue weighted by molar-refractivity contribution is 5.95. The van der Waals surface area contributed by atoms with Crippen molar-refractivity contribution in [3.05, 3.63) is 24.0 Å². The van der Waals surface area contributed by atoms with E-state index in [0.717, 1.165) is 12.8 Å². The van der Waals surface area contributed by atoms with Gasteiger partial charge in [0, 0.05) is 12.7 Å². The Bertz CT molecular complexity index is 505. The van der Waals surface area contributed by atoms with Crippen molar-refractivity contribution in [3.8, 4) is 0 Å². The topological polar surface area (TPSA) is 71.6 Å². The van der Waals surface area contributed by atoms with Crippen molar-refractivity contribution in [3.63, 3.8) is 0 Å². The molecule has 0 radical (unpaired) electrons. The molecule has 0 unspecified atom stereocenters. The van der Waals surface area contributed by atoms with E-state index in [1.54, 1.807) is 23.2 Å². The van der Waals surface area contributed by atoms with Crippen LogP contribution in [-0.4, -0.2) is 53.2 Å². The van der Waals surface area contributed by atoms with Crippen molar-refractivity contribution in [1.82, 2.24) is 9.88 Å². The fourth-order valence-corrected chi connectivity index (χ4v) is 2.44. The molecule has 2 rings (SSSR count). The standard InChI is InChI=1S/C16H24N2O4/c1-16(2,3)22-15(20)18-9-5-6-12(18)10-21-11-14(19)13-7-4-8-17-13/h4,7-8,12,17H,5-6,9-11H2,1-3H3/t12-/m0/s1. The largest absolute Gasteiger partial charge is 0.444 e. The molecule has 22 heavy (non-hydrogen) atoms. The number of nitrogens with one attached hydrogen (secondary N) is 1. The van der Waals surface area contributed by atoms with Crippen molar-refractivity contribution in [1.29, 1.82) is 0 Å². The third-order valence-electron chi connectivity index (χ3n) is 3.45. The highest BCUT2D eigenvalue weighted by atomic mass is 16.6. The Labute approximate surface area is 130 Å². The van der Waals surface area contributed by atoms with Crippen LogP contribution in [0.3, 0.4) is 0 Å². The summed E-state index contributed by atoms with van der Waals surface area (Å²) in [5.74, 6) is -0.0909. The number of hydrogen-bond acceptors (Lipinski definition) is 4. The van der Waals surface area contributed by atoms with Crippen LogP contribution in [0.4, 0.5) is 4.79 Å². The lowest BCUT2D eigenvalue weighted by atomic mass is 10.2. The van der Waals surface area contributed by atoms with Gasteiger partial charge in [0.15, 0.2) is 0 Å². The third kappa shape index (κ3) is 4.59. The number of ketones is 1. The molecule has 0 aromatic carbocycles. The zero-order valence-corrected chi connectivity index (χ0v) is 13.4. The summed E-state index contributed by atoms with van der Waals surface area (Å²) in [6.45, 7) is 6.59. The maximum Gasteiger partial charge on any atom is 0.410 e. The zero-order chi connectivity index (χ0) is 16.2. The molecule has 1 aliphatic rings. The maximum atomic E-state index is 12.1. The monoisotopic (exact) mass is 308 g/mol. The van der Waals surface area contributed by atoms with Gasteiger partial charge in [-0.1, -0.05) is 0 Å². The predicted octanol–water partition coefficient (Wildman–Crippen LogP) is 2.61. The van der Waals surface area contributed by atoms with Crippen LogP contribution in [0.1, 0.15) is 44.1 Å². The van der Waals surface area contributed by atoms with Crippen LogP contribution in [0, 0.1) is 0 Å². The van der Waals surface area contributed by atoms with E-state index in [0.29, 0.717) is 18.8 Å². The van der Waals surface area contributed by atoms with E-state index < -0.39 is 5.60 Å². The number of ether oxygens (including phenoxy) is 2. The van der Waals surface area contributed by atoms with Gasteiger partial charge in [-0.3, -0.25) is 4.79 Å². The molecule has 2 heterocycles. The number of carbonyl (C=O) groups excluding carboxylic acids is 2. The van der Waals surface area contributed by atoms with Crippen molar-refractivity contribution in [2.24, 2.45) is 0 Å². The summed E-state index contributed by atoms with van der Waals surface area (Å²) in [4.78, 5) is 28.5. The van der Waals surface area contributed by atoms with Crippen LogP contribution in [0.15, 0.2) is 18.3 Å². The number of rotatable bonds is 5. The first kappa shape index (κ1) is 16.5. The summed E-state index contributed by atoms with van der Waals surface area (Å²) in [7, 11) is 0. The first-order chi connectivity index (χ1) is 10.4. The summed E-state index contributed by atoms with van der Waals surface area (Å²) in [5, 5.41) is 0. The molecule has 1 aromatic rings. The molecule has 1 amide bonds. The van der Waals surface area contributed by atoms with Crippen LogP contribution in [0.25, 0.3) is 0 Å². The van der Waals surface area contributed by atoms with Gasteiger partial charge in [0.1, 0.15) is 12.2 Å². The second-order valence-electron chi connectivity index (χ2n) is 6.49. The van der Waals surface area contributed by atoms with Crippen LogP contribution in [-0.2, 0) is 9.47 Å². The number of amides is 1. The van der Waals surface area contributed by atoms with Gasteiger partial charge < -0.3 is 19.4 Å². The normalized spacial score (nSPS) is 18.5. The van der Waals surface area contributed by atoms with Gasteiger partial charge in [-0.15, -0.1) is 0 Å². The molecule has 122 valence electrons. The summed E-state index contributed by atoms with van der Waals surface area (Å²) in [6.07, 6.45) is 3.19. The van der Waals surface area contributed by atoms with Crippen molar-refractivity contribution >= 4 is 11.9 Å². The smallest absolute Gasteiger partial charge is 0.410 e. The number of aromatic nitrogens is 1. The number of likely N-dealkylation sites (tertiary alicyclic amines) is 1. The van der Waals surface area contributed by atoms with Crippen LogP contribution < -0.4 is 0 Å². The SMILES string of the molecule is CC(C)(C)OC(=O)N1CCC[C@H]1COCC(=O)c1ccc[nH]1. The zero-order valence-electron chi connectivity index (χ0n) is 13.4. The molecule has 6 heteroatoms. The highest BCUT2D eigenvalue weighted by Crippen LogP contribution is 2.21. The van der Waals surface area contributed by atoms with Crippen LogP contribution >= 0.6 is 0 Å². The highest BCUT2D eigenvalue weighted by Gasteiger charge is 2.32. The number of hydrogen-bond donors (Lipinski definition) is 1. The van der Waals surface area contributed by atoms with Gasteiger partial charge in [-0.05, 0) is 45.7 Å². The molecule has 0 saturated carbocycles. The number of Topliss-reactive ketones (excluding diaryl/α,β-unsaturated/α-hetero) is 1. The predicted molar refractivity (Wildman–Crippen MR) is 81.9 cm³/mol. The Morgan fingerprint density at radius 3 is 2.82 bits per heavy atom. The molecule has 0 bridgehead atoms. The van der Waals surface area contributed by atoms with E-state index in [-0.39, 0.29) is 24.5 Å². The number of aromatic amines is 1. The molecule has 1 aliphatic heterocycles. The van der Waals surface area contributed by atoms with Crippen molar-refractivity contribution in [2.45, 2.75) is 45.3 Å². The van der Waals surface area contributed by atoms with Gasteiger partial charge >= 0.3 is 6.09 Å². The van der Waals surface area contributed by atoms with E-state index in [9.17, 15) is 9.59 Å². The minimum Gasteiger partial charge on any atom is -0.444 e. The molecule has 1 aromatic heterocycles. The second kappa shape index (κ2) is 6.96. The summed E-state index contributed by atoms with van der Waals surface area (Å²) >= 11 is 0. The first-order valence-corrected chi connectivity index (χ1v) is 7.61. The molecular formula is C16H24N2O4. The van der Waals surface area contributed by atoms with Crippen molar-refractivity contribution < 1.29 is 19.1 Å². The van der Waals surface area contributed by atoms with E-state index in [4.69, 9.17) is 9.47 Å². The van der Waals surface area contributed by atoms with Gasteiger partial charge in [0.2, 0.25) is 5.78 Å².